The van der Waals surface area contributed by atoms with E-state index in [-0.39, 0.29) is 12.4 Å². The Bertz CT molecular complexity index is 1070. The summed E-state index contributed by atoms with van der Waals surface area (Å²) in [7, 11) is 4.64. The third kappa shape index (κ3) is 4.54. The fourth-order valence-electron chi connectivity index (χ4n) is 3.13. The van der Waals surface area contributed by atoms with Crippen LogP contribution in [0.3, 0.4) is 0 Å². The van der Waals surface area contributed by atoms with Gasteiger partial charge in [0, 0.05) is 5.56 Å². The highest BCUT2D eigenvalue weighted by Gasteiger charge is 2.19. The predicted octanol–water partition coefficient (Wildman–Crippen LogP) is 4.40. The van der Waals surface area contributed by atoms with Crippen molar-refractivity contribution < 1.29 is 28.5 Å². The Morgan fingerprint density at radius 2 is 1.50 bits per heavy atom. The molecule has 6 nitrogen and oxygen atoms in total. The van der Waals surface area contributed by atoms with Crippen LogP contribution < -0.4 is 14.2 Å². The van der Waals surface area contributed by atoms with Crippen molar-refractivity contribution in [2.24, 2.45) is 0 Å². The minimum atomic E-state index is -0.505. The number of Topliss-reactive ketones (excluding diaryl/α,β-unsaturated/α-hetero) is 1. The van der Waals surface area contributed by atoms with Crippen LogP contribution in [-0.4, -0.2) is 39.7 Å². The lowest BCUT2D eigenvalue weighted by molar-refractivity contribution is -0.143. The van der Waals surface area contributed by atoms with E-state index >= 15 is 0 Å². The van der Waals surface area contributed by atoms with Crippen LogP contribution in [0.4, 0.5) is 0 Å². The van der Waals surface area contributed by atoms with Crippen LogP contribution in [0.2, 0.25) is 0 Å². The third-order valence-electron chi connectivity index (χ3n) is 4.98. The number of methoxy groups -OCH3 is 3. The Kier molecular flexibility index (Phi) is 6.57. The molecule has 0 aliphatic carbocycles. The summed E-state index contributed by atoms with van der Waals surface area (Å²) in [5.74, 6) is 0.453. The van der Waals surface area contributed by atoms with Crippen molar-refractivity contribution in [3.63, 3.8) is 0 Å². The van der Waals surface area contributed by atoms with Gasteiger partial charge in [-0.05, 0) is 53.6 Å². The molecule has 0 unspecified atom stereocenters. The zero-order valence-corrected chi connectivity index (χ0v) is 17.4. The number of rotatable bonds is 8. The standard InChI is InChI=1S/C24H24O6/c1-15(16-5-6-18-12-20(27-2)9-7-17(18)11-16)24(26)30-14-21(25)19-8-10-22(28-3)23(13-19)29-4/h5-13,15H,14H2,1-4H3/t15-/m0/s1. The van der Waals surface area contributed by atoms with E-state index in [1.165, 1.54) is 14.2 Å². The first-order valence-electron chi connectivity index (χ1n) is 9.46. The summed E-state index contributed by atoms with van der Waals surface area (Å²) in [5, 5.41) is 2.01. The molecule has 6 heteroatoms. The predicted molar refractivity (Wildman–Crippen MR) is 114 cm³/mol. The van der Waals surface area contributed by atoms with E-state index in [1.54, 1.807) is 32.2 Å². The number of fused-ring (bicyclic) bond motifs is 1. The van der Waals surface area contributed by atoms with Crippen LogP contribution in [0.15, 0.2) is 54.6 Å². The molecular weight excluding hydrogens is 384 g/mol. The molecule has 0 aliphatic rings. The van der Waals surface area contributed by atoms with Gasteiger partial charge in [0.05, 0.1) is 27.2 Å². The zero-order chi connectivity index (χ0) is 21.7. The van der Waals surface area contributed by atoms with Gasteiger partial charge in [-0.25, -0.2) is 0 Å². The van der Waals surface area contributed by atoms with Gasteiger partial charge in [-0.2, -0.15) is 0 Å². The second-order valence-electron chi connectivity index (χ2n) is 6.79. The van der Waals surface area contributed by atoms with E-state index in [2.05, 4.69) is 0 Å². The molecule has 0 fully saturated rings. The number of hydrogen-bond acceptors (Lipinski definition) is 6. The molecule has 1 atom stereocenters. The SMILES string of the molecule is COc1ccc2cc([C@H](C)C(=O)OCC(=O)c3ccc(OC)c(OC)c3)ccc2c1. The lowest BCUT2D eigenvalue weighted by atomic mass is 9.98. The van der Waals surface area contributed by atoms with Gasteiger partial charge in [-0.3, -0.25) is 9.59 Å². The summed E-state index contributed by atoms with van der Waals surface area (Å²) in [6.45, 7) is 1.41. The lowest BCUT2D eigenvalue weighted by Gasteiger charge is -2.13. The van der Waals surface area contributed by atoms with Crippen LogP contribution in [-0.2, 0) is 9.53 Å². The summed E-state index contributed by atoms with van der Waals surface area (Å²) in [6, 6.07) is 16.3. The van der Waals surface area contributed by atoms with E-state index in [4.69, 9.17) is 18.9 Å². The molecule has 0 saturated carbocycles. The van der Waals surface area contributed by atoms with Crippen molar-refractivity contribution in [1.29, 1.82) is 0 Å². The van der Waals surface area contributed by atoms with Crippen molar-refractivity contribution in [1.82, 2.24) is 0 Å². The fourth-order valence-corrected chi connectivity index (χ4v) is 3.13. The maximum absolute atomic E-state index is 12.5. The Hall–Kier alpha value is -3.54. The van der Waals surface area contributed by atoms with E-state index in [0.29, 0.717) is 17.1 Å². The largest absolute Gasteiger partial charge is 0.497 e. The highest BCUT2D eigenvalue weighted by molar-refractivity contribution is 5.98. The van der Waals surface area contributed by atoms with Crippen molar-refractivity contribution in [2.45, 2.75) is 12.8 Å². The quantitative estimate of drug-likeness (QED) is 0.407. The maximum atomic E-state index is 12.5. The highest BCUT2D eigenvalue weighted by atomic mass is 16.5. The van der Waals surface area contributed by atoms with Crippen LogP contribution >= 0.6 is 0 Å². The summed E-state index contributed by atoms with van der Waals surface area (Å²) >= 11 is 0. The summed E-state index contributed by atoms with van der Waals surface area (Å²) in [4.78, 5) is 24.9. The molecule has 3 aromatic carbocycles. The summed E-state index contributed by atoms with van der Waals surface area (Å²) in [5.41, 5.74) is 1.20. The minimum absolute atomic E-state index is 0.317. The minimum Gasteiger partial charge on any atom is -0.497 e. The number of carbonyl (C=O) groups excluding carboxylic acids is 2. The van der Waals surface area contributed by atoms with Crippen molar-refractivity contribution in [2.75, 3.05) is 27.9 Å². The van der Waals surface area contributed by atoms with Gasteiger partial charge in [0.2, 0.25) is 0 Å². The van der Waals surface area contributed by atoms with Gasteiger partial charge < -0.3 is 18.9 Å². The van der Waals surface area contributed by atoms with E-state index in [9.17, 15) is 9.59 Å². The number of carbonyl (C=O) groups is 2. The molecule has 0 bridgehead atoms. The van der Waals surface area contributed by atoms with E-state index < -0.39 is 11.9 Å². The maximum Gasteiger partial charge on any atom is 0.313 e. The molecular formula is C24H24O6. The van der Waals surface area contributed by atoms with Gasteiger partial charge in [-0.15, -0.1) is 0 Å². The Morgan fingerprint density at radius 1 is 0.800 bits per heavy atom. The average Bonchev–Trinajstić information content (AvgIpc) is 2.80. The summed E-state index contributed by atoms with van der Waals surface area (Å²) < 4.78 is 20.9. The van der Waals surface area contributed by atoms with Gasteiger partial charge in [-0.1, -0.05) is 24.3 Å². The van der Waals surface area contributed by atoms with Crippen molar-refractivity contribution in [3.05, 3.63) is 65.7 Å². The lowest BCUT2D eigenvalue weighted by Crippen LogP contribution is -2.18. The molecule has 0 aromatic heterocycles. The Morgan fingerprint density at radius 3 is 2.20 bits per heavy atom. The molecule has 3 aromatic rings. The number of benzene rings is 3. The van der Waals surface area contributed by atoms with Gasteiger partial charge in [0.15, 0.2) is 23.9 Å². The third-order valence-corrected chi connectivity index (χ3v) is 4.98. The first kappa shape index (κ1) is 21.2. The second-order valence-corrected chi connectivity index (χ2v) is 6.79. The molecule has 0 spiro atoms. The number of esters is 1. The number of ether oxygens (including phenoxy) is 4. The summed E-state index contributed by atoms with van der Waals surface area (Å²) in [6.07, 6.45) is 0. The first-order chi connectivity index (χ1) is 14.5. The highest BCUT2D eigenvalue weighted by Crippen LogP contribution is 2.28. The molecule has 0 radical (unpaired) electrons. The van der Waals surface area contributed by atoms with Crippen LogP contribution in [0.5, 0.6) is 17.2 Å². The first-order valence-corrected chi connectivity index (χ1v) is 9.46. The molecule has 0 heterocycles. The molecule has 3 rings (SSSR count). The molecule has 0 saturated heterocycles. The topological polar surface area (TPSA) is 71.1 Å². The Labute approximate surface area is 175 Å². The normalized spacial score (nSPS) is 11.6. The van der Waals surface area contributed by atoms with Gasteiger partial charge in [0.1, 0.15) is 5.75 Å². The van der Waals surface area contributed by atoms with Crippen LogP contribution in [0.1, 0.15) is 28.8 Å². The van der Waals surface area contributed by atoms with Crippen LogP contribution in [0, 0.1) is 0 Å². The second kappa shape index (κ2) is 9.31. The average molecular weight is 408 g/mol. The molecule has 0 amide bonds. The smallest absolute Gasteiger partial charge is 0.313 e. The Balaban J connectivity index is 1.67. The number of hydrogen-bond donors (Lipinski definition) is 0. The van der Waals surface area contributed by atoms with Gasteiger partial charge >= 0.3 is 5.97 Å². The number of ketones is 1. The van der Waals surface area contributed by atoms with E-state index in [1.807, 2.05) is 36.4 Å². The molecule has 0 N–H and O–H groups in total. The van der Waals surface area contributed by atoms with Crippen molar-refractivity contribution >= 4 is 22.5 Å². The molecule has 156 valence electrons. The van der Waals surface area contributed by atoms with Crippen molar-refractivity contribution in [3.8, 4) is 17.2 Å². The van der Waals surface area contributed by atoms with E-state index in [0.717, 1.165) is 22.1 Å². The molecule has 30 heavy (non-hydrogen) atoms. The van der Waals surface area contributed by atoms with Gasteiger partial charge in [0.25, 0.3) is 0 Å². The van der Waals surface area contributed by atoms with Crippen LogP contribution in [0.25, 0.3) is 10.8 Å². The monoisotopic (exact) mass is 408 g/mol. The molecule has 0 aliphatic heterocycles. The zero-order valence-electron chi connectivity index (χ0n) is 17.4. The fraction of sp³-hybridized carbons (Fsp3) is 0.250.